The molecule has 4 atom stereocenters. The molecule has 14 heavy (non-hydrogen) atoms. The Morgan fingerprint density at radius 1 is 1.21 bits per heavy atom. The number of carbonyl (C=O) groups excluding carboxylic acids is 1. The number of nitrogens with one attached hydrogen (secondary N) is 1. The number of hydrogen-bond donors (Lipinski definition) is 1. The standard InChI is InChI=1S/C11H18N2O/c1-2-11(14)13-9-5-6-10(13)8-4-3-7(9)12-8/h7-10,12H,2-6H2,1H3/t7-,8+,9-,10+. The molecule has 3 rings (SSSR count). The van der Waals surface area contributed by atoms with Gasteiger partial charge in [-0.15, -0.1) is 0 Å². The fourth-order valence-corrected chi connectivity index (χ4v) is 3.62. The quantitative estimate of drug-likeness (QED) is 0.672. The summed E-state index contributed by atoms with van der Waals surface area (Å²) in [5.41, 5.74) is 0. The molecule has 3 fully saturated rings. The van der Waals surface area contributed by atoms with Crippen LogP contribution in [0.25, 0.3) is 0 Å². The predicted molar refractivity (Wildman–Crippen MR) is 53.9 cm³/mol. The van der Waals surface area contributed by atoms with Crippen LogP contribution in [0.15, 0.2) is 0 Å². The van der Waals surface area contributed by atoms with Crippen LogP contribution in [0.2, 0.25) is 0 Å². The highest BCUT2D eigenvalue weighted by molar-refractivity contribution is 5.77. The molecule has 3 aliphatic heterocycles. The Morgan fingerprint density at radius 3 is 2.29 bits per heavy atom. The Bertz CT molecular complexity index is 248. The van der Waals surface area contributed by atoms with Gasteiger partial charge >= 0.3 is 0 Å². The van der Waals surface area contributed by atoms with E-state index in [1.807, 2.05) is 6.92 Å². The first kappa shape index (κ1) is 8.72. The summed E-state index contributed by atoms with van der Waals surface area (Å²) < 4.78 is 0. The summed E-state index contributed by atoms with van der Waals surface area (Å²) in [6.07, 6.45) is 5.68. The Morgan fingerprint density at radius 2 is 1.79 bits per heavy atom. The summed E-state index contributed by atoms with van der Waals surface area (Å²) in [5.74, 6) is 0.371. The average molecular weight is 194 g/mol. The van der Waals surface area contributed by atoms with Gasteiger partial charge in [-0.1, -0.05) is 6.92 Å². The van der Waals surface area contributed by atoms with E-state index in [1.165, 1.54) is 25.7 Å². The maximum Gasteiger partial charge on any atom is 0.222 e. The lowest BCUT2D eigenvalue weighted by Gasteiger charge is -2.40. The first-order chi connectivity index (χ1) is 6.81. The number of fused-ring (bicyclic) bond motifs is 6. The molecule has 0 aliphatic carbocycles. The van der Waals surface area contributed by atoms with Crippen molar-refractivity contribution >= 4 is 5.91 Å². The third-order valence-corrected chi connectivity index (χ3v) is 4.21. The first-order valence-electron chi connectivity index (χ1n) is 5.88. The molecule has 0 radical (unpaired) electrons. The van der Waals surface area contributed by atoms with Crippen molar-refractivity contribution in [1.29, 1.82) is 0 Å². The van der Waals surface area contributed by atoms with E-state index in [1.54, 1.807) is 0 Å². The highest BCUT2D eigenvalue weighted by Crippen LogP contribution is 2.40. The molecule has 0 saturated carbocycles. The summed E-state index contributed by atoms with van der Waals surface area (Å²) in [5, 5.41) is 3.67. The number of rotatable bonds is 1. The first-order valence-corrected chi connectivity index (χ1v) is 5.88. The lowest BCUT2D eigenvalue weighted by Crippen LogP contribution is -2.60. The van der Waals surface area contributed by atoms with Crippen LogP contribution < -0.4 is 5.32 Å². The SMILES string of the molecule is CCC(=O)N1[C@@H]2CC[C@H]1[C@@H]1CC[C@H]2N1. The molecule has 0 aromatic heterocycles. The summed E-state index contributed by atoms with van der Waals surface area (Å²) in [4.78, 5) is 14.1. The van der Waals surface area contributed by atoms with E-state index in [0.717, 1.165) is 0 Å². The minimum Gasteiger partial charge on any atom is -0.334 e. The van der Waals surface area contributed by atoms with Crippen LogP contribution in [0.1, 0.15) is 39.0 Å². The lowest BCUT2D eigenvalue weighted by molar-refractivity contribution is -0.135. The van der Waals surface area contributed by atoms with Crippen LogP contribution in [0.3, 0.4) is 0 Å². The normalized spacial score (nSPS) is 44.5. The van der Waals surface area contributed by atoms with Gasteiger partial charge in [0.1, 0.15) is 0 Å². The molecular formula is C11H18N2O. The van der Waals surface area contributed by atoms with Crippen LogP contribution in [0.5, 0.6) is 0 Å². The molecule has 3 saturated heterocycles. The van der Waals surface area contributed by atoms with E-state index in [4.69, 9.17) is 0 Å². The summed E-state index contributed by atoms with van der Waals surface area (Å²) in [6, 6.07) is 2.25. The number of piperazine rings is 1. The summed E-state index contributed by atoms with van der Waals surface area (Å²) in [6.45, 7) is 1.98. The van der Waals surface area contributed by atoms with Crippen molar-refractivity contribution in [3.05, 3.63) is 0 Å². The van der Waals surface area contributed by atoms with E-state index < -0.39 is 0 Å². The van der Waals surface area contributed by atoms with Crippen LogP contribution >= 0.6 is 0 Å². The van der Waals surface area contributed by atoms with Crippen molar-refractivity contribution in [3.8, 4) is 0 Å². The Kier molecular flexibility index (Phi) is 1.84. The van der Waals surface area contributed by atoms with E-state index in [2.05, 4.69) is 10.2 Å². The fraction of sp³-hybridized carbons (Fsp3) is 0.909. The minimum atomic E-state index is 0.371. The molecule has 3 heteroatoms. The topological polar surface area (TPSA) is 32.3 Å². The van der Waals surface area contributed by atoms with Gasteiger partial charge < -0.3 is 10.2 Å². The third kappa shape index (κ3) is 0.991. The Labute approximate surface area is 84.8 Å². The van der Waals surface area contributed by atoms with Crippen molar-refractivity contribution in [2.75, 3.05) is 0 Å². The van der Waals surface area contributed by atoms with Crippen molar-refractivity contribution in [2.45, 2.75) is 63.2 Å². The molecule has 0 aromatic carbocycles. The second-order valence-electron chi connectivity index (χ2n) is 4.82. The number of nitrogens with zero attached hydrogens (tertiary/aromatic N) is 1. The van der Waals surface area contributed by atoms with E-state index in [-0.39, 0.29) is 0 Å². The van der Waals surface area contributed by atoms with Crippen LogP contribution in [0.4, 0.5) is 0 Å². The van der Waals surface area contributed by atoms with Crippen molar-refractivity contribution in [1.82, 2.24) is 10.2 Å². The predicted octanol–water partition coefficient (Wildman–Crippen LogP) is 0.890. The Hall–Kier alpha value is -0.570. The average Bonchev–Trinajstić information content (AvgIpc) is 2.72. The summed E-state index contributed by atoms with van der Waals surface area (Å²) >= 11 is 0. The zero-order valence-corrected chi connectivity index (χ0v) is 8.70. The molecule has 0 aromatic rings. The molecule has 3 aliphatic rings. The van der Waals surface area contributed by atoms with Gasteiger partial charge in [-0.25, -0.2) is 0 Å². The second-order valence-corrected chi connectivity index (χ2v) is 4.82. The van der Waals surface area contributed by atoms with E-state index in [9.17, 15) is 4.79 Å². The van der Waals surface area contributed by atoms with Gasteiger partial charge in [-0.2, -0.15) is 0 Å². The maximum absolute atomic E-state index is 11.8. The minimum absolute atomic E-state index is 0.371. The monoisotopic (exact) mass is 194 g/mol. The van der Waals surface area contributed by atoms with Crippen molar-refractivity contribution in [3.63, 3.8) is 0 Å². The molecule has 1 amide bonds. The molecule has 0 spiro atoms. The Balaban J connectivity index is 1.90. The zero-order chi connectivity index (χ0) is 9.71. The van der Waals surface area contributed by atoms with Crippen LogP contribution in [-0.2, 0) is 4.79 Å². The van der Waals surface area contributed by atoms with Crippen molar-refractivity contribution in [2.24, 2.45) is 0 Å². The molecule has 78 valence electrons. The number of amides is 1. The number of hydrogen-bond acceptors (Lipinski definition) is 2. The maximum atomic E-state index is 11.8. The lowest BCUT2D eigenvalue weighted by atomic mass is 10.0. The van der Waals surface area contributed by atoms with Gasteiger partial charge in [0, 0.05) is 30.6 Å². The largest absolute Gasteiger partial charge is 0.334 e. The van der Waals surface area contributed by atoms with Crippen LogP contribution in [0, 0.1) is 0 Å². The molecule has 0 unspecified atom stereocenters. The molecule has 1 N–H and O–H groups in total. The fourth-order valence-electron chi connectivity index (χ4n) is 3.62. The second kappa shape index (κ2) is 2.96. The highest BCUT2D eigenvalue weighted by Gasteiger charge is 2.51. The van der Waals surface area contributed by atoms with E-state index >= 15 is 0 Å². The van der Waals surface area contributed by atoms with Gasteiger partial charge in [-0.05, 0) is 25.7 Å². The van der Waals surface area contributed by atoms with Gasteiger partial charge in [0.15, 0.2) is 0 Å². The third-order valence-electron chi connectivity index (χ3n) is 4.21. The van der Waals surface area contributed by atoms with Crippen LogP contribution in [-0.4, -0.2) is 35.0 Å². The van der Waals surface area contributed by atoms with Gasteiger partial charge in [0.05, 0.1) is 0 Å². The number of carbonyl (C=O) groups is 1. The smallest absolute Gasteiger partial charge is 0.222 e. The summed E-state index contributed by atoms with van der Waals surface area (Å²) in [7, 11) is 0. The van der Waals surface area contributed by atoms with Crippen molar-refractivity contribution < 1.29 is 4.79 Å². The molecule has 4 bridgehead atoms. The zero-order valence-electron chi connectivity index (χ0n) is 8.70. The van der Waals surface area contributed by atoms with Gasteiger partial charge in [0.2, 0.25) is 5.91 Å². The molecule has 3 nitrogen and oxygen atoms in total. The highest BCUT2D eigenvalue weighted by atomic mass is 16.2. The van der Waals surface area contributed by atoms with E-state index in [0.29, 0.717) is 36.5 Å². The molecule has 3 heterocycles. The van der Waals surface area contributed by atoms with Gasteiger partial charge in [0.25, 0.3) is 0 Å². The molecular weight excluding hydrogens is 176 g/mol. The van der Waals surface area contributed by atoms with Gasteiger partial charge in [-0.3, -0.25) is 4.79 Å².